The smallest absolute Gasteiger partial charge is 0.339 e. The van der Waals surface area contributed by atoms with Gasteiger partial charge in [-0.25, -0.2) is 9.07 Å². The first-order valence-corrected chi connectivity index (χ1v) is 10.8. The molecule has 2 aromatic carbocycles. The number of nitrogens with one attached hydrogen (secondary N) is 1. The average molecular weight is 508 g/mol. The van der Waals surface area contributed by atoms with Gasteiger partial charge in [0.25, 0.3) is 5.91 Å². The lowest BCUT2D eigenvalue weighted by molar-refractivity contribution is -0.137. The van der Waals surface area contributed by atoms with Gasteiger partial charge in [0.1, 0.15) is 11.6 Å². The number of nitrogens with zero attached hydrogens (tertiary/aromatic N) is 5. The van der Waals surface area contributed by atoms with Crippen LogP contribution in [0, 0.1) is 12.7 Å². The van der Waals surface area contributed by atoms with E-state index >= 15 is 0 Å². The SMILES string of the molecule is Cc1nc(-c2cc(C(=O)Nc3cc(-c4ccncc4)nn3-c3ccc(F)cc3)ccc2C(F)(F)F)no1. The maximum atomic E-state index is 13.6. The van der Waals surface area contributed by atoms with Gasteiger partial charge in [-0.1, -0.05) is 5.16 Å². The number of halogens is 4. The van der Waals surface area contributed by atoms with E-state index in [0.29, 0.717) is 16.9 Å². The van der Waals surface area contributed by atoms with Crippen molar-refractivity contribution in [2.45, 2.75) is 13.1 Å². The van der Waals surface area contributed by atoms with E-state index in [2.05, 4.69) is 25.5 Å². The fourth-order valence-electron chi connectivity index (χ4n) is 3.63. The van der Waals surface area contributed by atoms with E-state index in [1.807, 2.05) is 0 Å². The number of hydrogen-bond donors (Lipinski definition) is 1. The van der Waals surface area contributed by atoms with E-state index in [4.69, 9.17) is 4.52 Å². The molecule has 1 N–H and O–H groups in total. The first-order valence-electron chi connectivity index (χ1n) is 10.8. The Labute approximate surface area is 206 Å². The predicted octanol–water partition coefficient (Wildman–Crippen LogP) is 5.70. The molecule has 3 heterocycles. The molecule has 0 unspecified atom stereocenters. The van der Waals surface area contributed by atoms with Gasteiger partial charge in [0.05, 0.1) is 16.9 Å². The Kier molecular flexibility index (Phi) is 5.99. The Morgan fingerprint density at radius 2 is 1.73 bits per heavy atom. The zero-order valence-corrected chi connectivity index (χ0v) is 19.0. The monoisotopic (exact) mass is 508 g/mol. The van der Waals surface area contributed by atoms with E-state index in [-0.39, 0.29) is 23.1 Å². The quantitative estimate of drug-likeness (QED) is 0.306. The Hall–Kier alpha value is -4.87. The van der Waals surface area contributed by atoms with Crippen LogP contribution in [0.5, 0.6) is 0 Å². The molecule has 0 fully saturated rings. The highest BCUT2D eigenvalue weighted by Gasteiger charge is 2.35. The minimum Gasteiger partial charge on any atom is -0.339 e. The second-order valence-corrected chi connectivity index (χ2v) is 7.89. The molecule has 0 bridgehead atoms. The number of amides is 1. The van der Waals surface area contributed by atoms with Crippen LogP contribution >= 0.6 is 0 Å². The molecule has 186 valence electrons. The number of alkyl halides is 3. The van der Waals surface area contributed by atoms with Gasteiger partial charge in [0, 0.05) is 42.1 Å². The summed E-state index contributed by atoms with van der Waals surface area (Å²) in [5, 5.41) is 10.8. The average Bonchev–Trinajstić information content (AvgIpc) is 3.50. The Balaban J connectivity index is 1.54. The molecule has 0 aliphatic carbocycles. The van der Waals surface area contributed by atoms with Gasteiger partial charge in [-0.15, -0.1) is 0 Å². The van der Waals surface area contributed by atoms with Gasteiger partial charge < -0.3 is 9.84 Å². The van der Waals surface area contributed by atoms with Crippen molar-refractivity contribution < 1.29 is 26.9 Å². The zero-order valence-electron chi connectivity index (χ0n) is 19.0. The zero-order chi connectivity index (χ0) is 26.2. The number of aromatic nitrogens is 5. The molecule has 12 heteroatoms. The maximum Gasteiger partial charge on any atom is 0.417 e. The highest BCUT2D eigenvalue weighted by molar-refractivity contribution is 6.05. The molecule has 8 nitrogen and oxygen atoms in total. The normalized spacial score (nSPS) is 11.5. The molecule has 0 saturated heterocycles. The summed E-state index contributed by atoms with van der Waals surface area (Å²) in [5.41, 5.74) is 0.144. The van der Waals surface area contributed by atoms with E-state index < -0.39 is 29.0 Å². The van der Waals surface area contributed by atoms with Crippen LogP contribution in [-0.4, -0.2) is 30.8 Å². The third kappa shape index (κ3) is 4.94. The van der Waals surface area contributed by atoms with Crippen molar-refractivity contribution in [2.24, 2.45) is 0 Å². The van der Waals surface area contributed by atoms with Gasteiger partial charge in [0.2, 0.25) is 11.7 Å². The number of anilines is 1. The van der Waals surface area contributed by atoms with Crippen molar-refractivity contribution >= 4 is 11.7 Å². The van der Waals surface area contributed by atoms with Crippen molar-refractivity contribution in [3.8, 4) is 28.3 Å². The number of pyridine rings is 1. The molecule has 0 atom stereocenters. The van der Waals surface area contributed by atoms with Gasteiger partial charge in [0.15, 0.2) is 0 Å². The molecule has 0 aliphatic rings. The number of aryl methyl sites for hydroxylation is 1. The molecule has 3 aromatic heterocycles. The largest absolute Gasteiger partial charge is 0.417 e. The Morgan fingerprint density at radius 3 is 2.38 bits per heavy atom. The van der Waals surface area contributed by atoms with Crippen LogP contribution in [0.3, 0.4) is 0 Å². The fourth-order valence-corrected chi connectivity index (χ4v) is 3.63. The summed E-state index contributed by atoms with van der Waals surface area (Å²) in [6, 6.07) is 13.3. The Bertz CT molecular complexity index is 1580. The first-order chi connectivity index (χ1) is 17.7. The summed E-state index contributed by atoms with van der Waals surface area (Å²) >= 11 is 0. The molecular formula is C25H16F4N6O2. The highest BCUT2D eigenvalue weighted by Crippen LogP contribution is 2.37. The van der Waals surface area contributed by atoms with Crippen LogP contribution in [0.15, 0.2) is 77.6 Å². The summed E-state index contributed by atoms with van der Waals surface area (Å²) in [7, 11) is 0. The molecule has 0 spiro atoms. The van der Waals surface area contributed by atoms with E-state index in [1.165, 1.54) is 35.9 Å². The molecule has 1 amide bonds. The van der Waals surface area contributed by atoms with Crippen molar-refractivity contribution in [2.75, 3.05) is 5.32 Å². The molecule has 0 aliphatic heterocycles. The van der Waals surface area contributed by atoms with Crippen molar-refractivity contribution in [1.82, 2.24) is 24.9 Å². The second kappa shape index (κ2) is 9.30. The molecule has 5 rings (SSSR count). The third-order valence-electron chi connectivity index (χ3n) is 5.35. The lowest BCUT2D eigenvalue weighted by Crippen LogP contribution is -2.16. The van der Waals surface area contributed by atoms with Gasteiger partial charge in [-0.2, -0.15) is 23.3 Å². The summed E-state index contributed by atoms with van der Waals surface area (Å²) in [6.45, 7) is 1.44. The van der Waals surface area contributed by atoms with Crippen LogP contribution in [0.25, 0.3) is 28.3 Å². The van der Waals surface area contributed by atoms with Gasteiger partial charge in [-0.05, 0) is 54.6 Å². The molecule has 0 saturated carbocycles. The molecular weight excluding hydrogens is 492 g/mol. The van der Waals surface area contributed by atoms with Crippen LogP contribution < -0.4 is 5.32 Å². The van der Waals surface area contributed by atoms with E-state index in [1.54, 1.807) is 30.6 Å². The first kappa shape index (κ1) is 23.9. The summed E-state index contributed by atoms with van der Waals surface area (Å²) < 4.78 is 60.6. The number of benzene rings is 2. The second-order valence-electron chi connectivity index (χ2n) is 7.89. The fraction of sp³-hybridized carbons (Fsp3) is 0.0800. The van der Waals surface area contributed by atoms with Crippen LogP contribution in [-0.2, 0) is 6.18 Å². The number of carbonyl (C=O) groups is 1. The lowest BCUT2D eigenvalue weighted by atomic mass is 10.0. The molecule has 0 radical (unpaired) electrons. The molecule has 5 aromatic rings. The topological polar surface area (TPSA) is 98.7 Å². The van der Waals surface area contributed by atoms with Crippen LogP contribution in [0.1, 0.15) is 21.8 Å². The summed E-state index contributed by atoms with van der Waals surface area (Å²) in [6.07, 6.45) is -1.55. The van der Waals surface area contributed by atoms with E-state index in [0.717, 1.165) is 18.2 Å². The van der Waals surface area contributed by atoms with Crippen molar-refractivity contribution in [3.05, 3.63) is 95.9 Å². The van der Waals surface area contributed by atoms with Crippen LogP contribution in [0.4, 0.5) is 23.4 Å². The number of hydrogen-bond acceptors (Lipinski definition) is 6. The number of carbonyl (C=O) groups excluding carboxylic acids is 1. The lowest BCUT2D eigenvalue weighted by Gasteiger charge is -2.13. The third-order valence-corrected chi connectivity index (χ3v) is 5.35. The van der Waals surface area contributed by atoms with Crippen LogP contribution in [0.2, 0.25) is 0 Å². The van der Waals surface area contributed by atoms with Gasteiger partial charge >= 0.3 is 6.18 Å². The minimum absolute atomic E-state index is 0.0739. The van der Waals surface area contributed by atoms with Gasteiger partial charge in [-0.3, -0.25) is 9.78 Å². The minimum atomic E-state index is -4.71. The van der Waals surface area contributed by atoms with Crippen molar-refractivity contribution in [3.63, 3.8) is 0 Å². The standard InChI is InChI=1S/C25H16F4N6O2/c1-14-31-23(34-37-14)19-12-16(2-7-20(19)25(27,28)29)24(36)32-22-13-21(15-8-10-30-11-9-15)33-35(22)18-5-3-17(26)4-6-18/h2-13H,1H3,(H,32,36). The molecule has 37 heavy (non-hydrogen) atoms. The Morgan fingerprint density at radius 1 is 1.00 bits per heavy atom. The highest BCUT2D eigenvalue weighted by atomic mass is 19.4. The predicted molar refractivity (Wildman–Crippen MR) is 124 cm³/mol. The van der Waals surface area contributed by atoms with Crippen molar-refractivity contribution in [1.29, 1.82) is 0 Å². The summed E-state index contributed by atoms with van der Waals surface area (Å²) in [5.74, 6) is -1.18. The summed E-state index contributed by atoms with van der Waals surface area (Å²) in [4.78, 5) is 21.0. The maximum absolute atomic E-state index is 13.6. The number of rotatable bonds is 5. The van der Waals surface area contributed by atoms with E-state index in [9.17, 15) is 22.4 Å².